The lowest BCUT2D eigenvalue weighted by Crippen LogP contribution is -2.25. The van der Waals surface area contributed by atoms with E-state index in [9.17, 15) is 0 Å². The van der Waals surface area contributed by atoms with Crippen LogP contribution in [0.2, 0.25) is 0 Å². The molecule has 3 aromatic carbocycles. The first kappa shape index (κ1) is 24.7. The number of hydrogen-bond donors (Lipinski definition) is 0. The molecular formula is C31H30N6O2. The third-order valence-corrected chi connectivity index (χ3v) is 6.74. The maximum Gasteiger partial charge on any atom is 0.326 e. The molecule has 0 unspecified atom stereocenters. The Labute approximate surface area is 226 Å². The van der Waals surface area contributed by atoms with Crippen molar-refractivity contribution in [3.63, 3.8) is 0 Å². The highest BCUT2D eigenvalue weighted by atomic mass is 16.4. The number of rotatable bonds is 10. The molecule has 0 spiro atoms. The van der Waals surface area contributed by atoms with Crippen LogP contribution in [0.3, 0.4) is 0 Å². The van der Waals surface area contributed by atoms with Crippen LogP contribution in [0.25, 0.3) is 39.8 Å². The molecule has 0 amide bonds. The van der Waals surface area contributed by atoms with Gasteiger partial charge in [0.25, 0.3) is 0 Å². The largest absolute Gasteiger partial charge is 0.435 e. The van der Waals surface area contributed by atoms with E-state index in [1.54, 1.807) is 4.68 Å². The molecule has 3 aromatic heterocycles. The Balaban J connectivity index is 1.53. The Hall–Kier alpha value is -4.59. The second-order valence-corrected chi connectivity index (χ2v) is 9.53. The van der Waals surface area contributed by atoms with E-state index in [2.05, 4.69) is 41.5 Å². The first-order chi connectivity index (χ1) is 19.3. The van der Waals surface area contributed by atoms with Gasteiger partial charge in [-0.15, -0.1) is 5.10 Å². The van der Waals surface area contributed by atoms with Crippen molar-refractivity contribution in [3.8, 4) is 17.6 Å². The van der Waals surface area contributed by atoms with Crippen LogP contribution in [-0.2, 0) is 12.8 Å². The molecule has 0 aliphatic rings. The minimum Gasteiger partial charge on any atom is -0.435 e. The van der Waals surface area contributed by atoms with Crippen LogP contribution in [0.4, 0.5) is 0 Å². The predicted octanol–water partition coefficient (Wildman–Crippen LogP) is 6.48. The predicted molar refractivity (Wildman–Crippen MR) is 150 cm³/mol. The van der Waals surface area contributed by atoms with Gasteiger partial charge in [0, 0.05) is 12.1 Å². The molecule has 0 bridgehead atoms. The molecular weight excluding hydrogens is 488 g/mol. The zero-order valence-corrected chi connectivity index (χ0v) is 22.0. The zero-order chi connectivity index (χ0) is 26.4. The number of unbranched alkanes of at least 4 members (excludes halogenated alkanes) is 3. The minimum absolute atomic E-state index is 0.302. The topological polar surface area (TPSA) is 95.1 Å². The van der Waals surface area contributed by atoms with Gasteiger partial charge >= 0.3 is 6.01 Å². The first-order valence-electron chi connectivity index (χ1n) is 13.6. The van der Waals surface area contributed by atoms with Crippen molar-refractivity contribution in [2.24, 2.45) is 4.99 Å². The summed E-state index contributed by atoms with van der Waals surface area (Å²) in [6, 6.07) is 26.1. The maximum absolute atomic E-state index is 6.28. The fourth-order valence-corrected chi connectivity index (χ4v) is 4.70. The average molecular weight is 519 g/mol. The van der Waals surface area contributed by atoms with E-state index in [-0.39, 0.29) is 0 Å². The van der Waals surface area contributed by atoms with E-state index < -0.39 is 0 Å². The van der Waals surface area contributed by atoms with Crippen molar-refractivity contribution >= 4 is 22.2 Å². The summed E-state index contributed by atoms with van der Waals surface area (Å²) in [6.45, 7) is 2.89. The van der Waals surface area contributed by atoms with Crippen molar-refractivity contribution in [2.45, 2.75) is 45.4 Å². The Bertz CT molecular complexity index is 1700. The summed E-state index contributed by atoms with van der Waals surface area (Å²) in [5.41, 5.74) is 6.24. The lowest BCUT2D eigenvalue weighted by atomic mass is 10.0. The van der Waals surface area contributed by atoms with Gasteiger partial charge in [-0.2, -0.15) is 9.67 Å². The maximum atomic E-state index is 6.28. The van der Waals surface area contributed by atoms with Crippen LogP contribution < -0.4 is 5.49 Å². The molecule has 0 atom stereocenters. The lowest BCUT2D eigenvalue weighted by Gasteiger charge is -2.11. The van der Waals surface area contributed by atoms with E-state index in [4.69, 9.17) is 23.8 Å². The SMILES string of the molecule is CCCCCCN=c1nnn(-c2nc3ccccc3o2)c(-c2nc3ccccc3o2)c1CCc1ccccc1. The molecule has 8 nitrogen and oxygen atoms in total. The summed E-state index contributed by atoms with van der Waals surface area (Å²) in [6.07, 6.45) is 5.99. The van der Waals surface area contributed by atoms with Crippen molar-refractivity contribution in [1.82, 2.24) is 25.0 Å². The summed E-state index contributed by atoms with van der Waals surface area (Å²) in [5, 5.41) is 9.11. The molecule has 6 rings (SSSR count). The third kappa shape index (κ3) is 5.36. The minimum atomic E-state index is 0.302. The van der Waals surface area contributed by atoms with E-state index in [1.807, 2.05) is 54.6 Å². The van der Waals surface area contributed by atoms with Crippen LogP contribution in [0.15, 0.2) is 92.7 Å². The molecule has 6 aromatic rings. The van der Waals surface area contributed by atoms with E-state index in [0.29, 0.717) is 47.2 Å². The highest BCUT2D eigenvalue weighted by molar-refractivity contribution is 5.76. The monoisotopic (exact) mass is 518 g/mol. The Kier molecular flexibility index (Phi) is 7.25. The standard InChI is InChI=1S/C31H30N6O2/c1-2-3-4-12-21-32-29-23(20-19-22-13-6-5-7-14-22)28(30-33-24-15-8-10-17-26(24)38-30)37(36-35-29)31-34-25-16-9-11-18-27(25)39-31/h5-11,13-18H,2-4,12,19-21H2,1H3. The number of oxazole rings is 2. The Morgan fingerprint density at radius 1 is 0.744 bits per heavy atom. The fourth-order valence-electron chi connectivity index (χ4n) is 4.70. The summed E-state index contributed by atoms with van der Waals surface area (Å²) >= 11 is 0. The van der Waals surface area contributed by atoms with Crippen LogP contribution in [0.5, 0.6) is 0 Å². The van der Waals surface area contributed by atoms with Gasteiger partial charge in [0.05, 0.1) is 0 Å². The normalized spacial score (nSPS) is 12.1. The van der Waals surface area contributed by atoms with Crippen LogP contribution in [0.1, 0.15) is 43.7 Å². The number of aryl methyl sites for hydroxylation is 1. The van der Waals surface area contributed by atoms with Gasteiger partial charge < -0.3 is 8.83 Å². The molecule has 0 radical (unpaired) electrons. The zero-order valence-electron chi connectivity index (χ0n) is 22.0. The third-order valence-electron chi connectivity index (χ3n) is 6.74. The molecule has 196 valence electrons. The average Bonchev–Trinajstić information content (AvgIpc) is 3.61. The van der Waals surface area contributed by atoms with Gasteiger partial charge in [0.15, 0.2) is 16.7 Å². The molecule has 39 heavy (non-hydrogen) atoms. The smallest absolute Gasteiger partial charge is 0.326 e. The summed E-state index contributed by atoms with van der Waals surface area (Å²) in [7, 11) is 0. The second-order valence-electron chi connectivity index (χ2n) is 9.53. The van der Waals surface area contributed by atoms with Gasteiger partial charge in [-0.3, -0.25) is 4.99 Å². The Morgan fingerprint density at radius 3 is 2.21 bits per heavy atom. The van der Waals surface area contributed by atoms with Crippen LogP contribution >= 0.6 is 0 Å². The van der Waals surface area contributed by atoms with Crippen molar-refractivity contribution < 1.29 is 8.83 Å². The van der Waals surface area contributed by atoms with E-state index >= 15 is 0 Å². The highest BCUT2D eigenvalue weighted by Gasteiger charge is 2.23. The summed E-state index contributed by atoms with van der Waals surface area (Å²) in [4.78, 5) is 14.4. The van der Waals surface area contributed by atoms with Gasteiger partial charge in [-0.1, -0.05) is 86.0 Å². The number of fused-ring (bicyclic) bond motifs is 2. The second kappa shape index (κ2) is 11.4. The number of nitrogens with zero attached hydrogens (tertiary/aromatic N) is 6. The van der Waals surface area contributed by atoms with Crippen LogP contribution in [-0.4, -0.2) is 31.5 Å². The Morgan fingerprint density at radius 2 is 1.46 bits per heavy atom. The first-order valence-corrected chi connectivity index (χ1v) is 13.6. The van der Waals surface area contributed by atoms with Gasteiger partial charge in [-0.05, 0) is 49.1 Å². The van der Waals surface area contributed by atoms with Crippen molar-refractivity contribution in [2.75, 3.05) is 6.54 Å². The quantitative estimate of drug-likeness (QED) is 0.193. The molecule has 0 fully saturated rings. The number of para-hydroxylation sites is 4. The molecule has 0 N–H and O–H groups in total. The van der Waals surface area contributed by atoms with Gasteiger partial charge in [0.1, 0.15) is 16.7 Å². The summed E-state index contributed by atoms with van der Waals surface area (Å²) < 4.78 is 14.0. The summed E-state index contributed by atoms with van der Waals surface area (Å²) in [5.74, 6) is 0.429. The molecule has 8 heteroatoms. The van der Waals surface area contributed by atoms with Crippen LogP contribution in [0, 0.1) is 0 Å². The number of hydrogen-bond acceptors (Lipinski definition) is 7. The number of benzene rings is 3. The fraction of sp³-hybridized carbons (Fsp3) is 0.258. The molecule has 0 aliphatic heterocycles. The molecule has 0 saturated carbocycles. The van der Waals surface area contributed by atoms with E-state index in [1.165, 1.54) is 18.4 Å². The van der Waals surface area contributed by atoms with Crippen molar-refractivity contribution in [1.29, 1.82) is 0 Å². The van der Waals surface area contributed by atoms with Crippen molar-refractivity contribution in [3.05, 3.63) is 95.5 Å². The number of aromatic nitrogens is 5. The molecule has 0 saturated heterocycles. The highest BCUT2D eigenvalue weighted by Crippen LogP contribution is 2.29. The van der Waals surface area contributed by atoms with Gasteiger partial charge in [0.2, 0.25) is 5.89 Å². The molecule has 3 heterocycles. The lowest BCUT2D eigenvalue weighted by molar-refractivity contribution is 0.512. The molecule has 0 aliphatic carbocycles. The van der Waals surface area contributed by atoms with Gasteiger partial charge in [-0.25, -0.2) is 4.98 Å². The van der Waals surface area contributed by atoms with E-state index in [0.717, 1.165) is 35.9 Å².